The van der Waals surface area contributed by atoms with E-state index in [2.05, 4.69) is 12.2 Å². The third kappa shape index (κ3) is 3.10. The topological polar surface area (TPSA) is 59.3 Å². The van der Waals surface area contributed by atoms with Gasteiger partial charge in [-0.05, 0) is 31.4 Å². The fourth-order valence-corrected chi connectivity index (χ4v) is 4.24. The van der Waals surface area contributed by atoms with Crippen LogP contribution in [0.15, 0.2) is 23.0 Å². The van der Waals surface area contributed by atoms with Crippen LogP contribution in [0.3, 0.4) is 0 Å². The van der Waals surface area contributed by atoms with Crippen molar-refractivity contribution in [3.63, 3.8) is 0 Å². The SMILES string of the molecule is CCCNC(c1ccoc1)C1CCS(=O)(=O)C1. The summed E-state index contributed by atoms with van der Waals surface area (Å²) in [6.07, 6.45) is 5.13. The molecular formula is C12H19NO3S. The van der Waals surface area contributed by atoms with Crippen LogP contribution in [-0.4, -0.2) is 26.5 Å². The highest BCUT2D eigenvalue weighted by atomic mass is 32.2. The second kappa shape index (κ2) is 5.23. The van der Waals surface area contributed by atoms with Gasteiger partial charge < -0.3 is 9.73 Å². The van der Waals surface area contributed by atoms with Crippen LogP contribution >= 0.6 is 0 Å². The molecule has 96 valence electrons. The molecule has 0 spiro atoms. The van der Waals surface area contributed by atoms with Crippen LogP contribution in [0.5, 0.6) is 0 Å². The molecule has 0 aliphatic carbocycles. The Hall–Kier alpha value is -0.810. The molecule has 0 radical (unpaired) electrons. The molecule has 17 heavy (non-hydrogen) atoms. The zero-order valence-corrected chi connectivity index (χ0v) is 10.9. The Kier molecular flexibility index (Phi) is 3.89. The highest BCUT2D eigenvalue weighted by Gasteiger charge is 2.34. The summed E-state index contributed by atoms with van der Waals surface area (Å²) in [5.41, 5.74) is 1.06. The van der Waals surface area contributed by atoms with E-state index in [1.165, 1.54) is 0 Å². The quantitative estimate of drug-likeness (QED) is 0.873. The van der Waals surface area contributed by atoms with Gasteiger partial charge in [-0.2, -0.15) is 0 Å². The van der Waals surface area contributed by atoms with Gasteiger partial charge in [-0.25, -0.2) is 8.42 Å². The first-order chi connectivity index (χ1) is 8.12. The minimum absolute atomic E-state index is 0.103. The molecule has 0 amide bonds. The first kappa shape index (κ1) is 12.6. The third-order valence-corrected chi connectivity index (χ3v) is 5.05. The van der Waals surface area contributed by atoms with Gasteiger partial charge in [0.15, 0.2) is 9.84 Å². The largest absolute Gasteiger partial charge is 0.472 e. The summed E-state index contributed by atoms with van der Waals surface area (Å²) < 4.78 is 28.2. The van der Waals surface area contributed by atoms with E-state index in [1.807, 2.05) is 6.07 Å². The van der Waals surface area contributed by atoms with Crippen molar-refractivity contribution in [1.29, 1.82) is 0 Å². The maximum absolute atomic E-state index is 11.5. The van der Waals surface area contributed by atoms with E-state index in [-0.39, 0.29) is 12.0 Å². The molecule has 2 unspecified atom stereocenters. The van der Waals surface area contributed by atoms with Gasteiger partial charge in [0.05, 0.1) is 24.0 Å². The lowest BCUT2D eigenvalue weighted by Gasteiger charge is -2.22. The minimum atomic E-state index is -2.83. The predicted molar refractivity (Wildman–Crippen MR) is 66.5 cm³/mol. The Balaban J connectivity index is 2.11. The van der Waals surface area contributed by atoms with Crippen LogP contribution in [0.1, 0.15) is 31.4 Å². The first-order valence-corrected chi connectivity index (χ1v) is 7.90. The lowest BCUT2D eigenvalue weighted by molar-refractivity contribution is 0.389. The molecular weight excluding hydrogens is 238 g/mol. The third-order valence-electron chi connectivity index (χ3n) is 3.26. The second-order valence-corrected chi connectivity index (χ2v) is 6.88. The summed E-state index contributed by atoms with van der Waals surface area (Å²) in [6.45, 7) is 3.00. The van der Waals surface area contributed by atoms with Gasteiger partial charge in [0.2, 0.25) is 0 Å². The van der Waals surface area contributed by atoms with E-state index in [0.717, 1.165) is 24.9 Å². The molecule has 0 saturated carbocycles. The normalized spacial score (nSPS) is 24.9. The molecule has 1 fully saturated rings. The molecule has 4 nitrogen and oxygen atoms in total. The number of hydrogen-bond donors (Lipinski definition) is 1. The second-order valence-electron chi connectivity index (χ2n) is 4.65. The van der Waals surface area contributed by atoms with E-state index < -0.39 is 9.84 Å². The van der Waals surface area contributed by atoms with Crippen molar-refractivity contribution < 1.29 is 12.8 Å². The highest BCUT2D eigenvalue weighted by molar-refractivity contribution is 7.91. The number of hydrogen-bond acceptors (Lipinski definition) is 4. The molecule has 2 atom stereocenters. The van der Waals surface area contributed by atoms with Crippen LogP contribution in [0.2, 0.25) is 0 Å². The predicted octanol–water partition coefficient (Wildman–Crippen LogP) is 1.75. The van der Waals surface area contributed by atoms with Crippen molar-refractivity contribution >= 4 is 9.84 Å². The van der Waals surface area contributed by atoms with Gasteiger partial charge in [0.25, 0.3) is 0 Å². The average molecular weight is 257 g/mol. The number of sulfone groups is 1. The molecule has 1 aliphatic heterocycles. The average Bonchev–Trinajstić information content (AvgIpc) is 2.89. The standard InChI is InChI=1S/C12H19NO3S/c1-2-5-13-12(10-3-6-16-8-10)11-4-7-17(14,15)9-11/h3,6,8,11-13H,2,4-5,7,9H2,1H3. The number of nitrogens with one attached hydrogen (secondary N) is 1. The van der Waals surface area contributed by atoms with Crippen molar-refractivity contribution in [3.8, 4) is 0 Å². The Bertz CT molecular complexity index is 438. The molecule has 1 aliphatic rings. The summed E-state index contributed by atoms with van der Waals surface area (Å²) in [4.78, 5) is 0. The monoisotopic (exact) mass is 257 g/mol. The van der Waals surface area contributed by atoms with Gasteiger partial charge in [-0.1, -0.05) is 6.92 Å². The molecule has 1 N–H and O–H groups in total. The Morgan fingerprint density at radius 3 is 2.94 bits per heavy atom. The number of furan rings is 1. The van der Waals surface area contributed by atoms with Crippen molar-refractivity contribution in [2.45, 2.75) is 25.8 Å². The van der Waals surface area contributed by atoms with Crippen LogP contribution < -0.4 is 5.32 Å². The molecule has 1 aromatic rings. The lowest BCUT2D eigenvalue weighted by atomic mass is 9.94. The van der Waals surface area contributed by atoms with Crippen molar-refractivity contribution in [2.75, 3.05) is 18.1 Å². The van der Waals surface area contributed by atoms with Gasteiger partial charge in [-0.15, -0.1) is 0 Å². The fourth-order valence-electron chi connectivity index (χ4n) is 2.40. The smallest absolute Gasteiger partial charge is 0.150 e. The van der Waals surface area contributed by atoms with Crippen molar-refractivity contribution in [2.24, 2.45) is 5.92 Å². The molecule has 0 bridgehead atoms. The Labute approximate surface area is 102 Å². The zero-order valence-electron chi connectivity index (χ0n) is 10.1. The first-order valence-electron chi connectivity index (χ1n) is 6.08. The maximum atomic E-state index is 11.5. The van der Waals surface area contributed by atoms with Crippen molar-refractivity contribution in [3.05, 3.63) is 24.2 Å². The van der Waals surface area contributed by atoms with E-state index in [4.69, 9.17) is 4.42 Å². The maximum Gasteiger partial charge on any atom is 0.150 e. The van der Waals surface area contributed by atoms with Gasteiger partial charge in [-0.3, -0.25) is 0 Å². The van der Waals surface area contributed by atoms with E-state index in [1.54, 1.807) is 12.5 Å². The van der Waals surface area contributed by atoms with Crippen LogP contribution in [0.25, 0.3) is 0 Å². The van der Waals surface area contributed by atoms with E-state index in [9.17, 15) is 8.42 Å². The van der Waals surface area contributed by atoms with E-state index in [0.29, 0.717) is 11.5 Å². The molecule has 2 rings (SSSR count). The zero-order chi connectivity index (χ0) is 12.3. The van der Waals surface area contributed by atoms with Crippen molar-refractivity contribution in [1.82, 2.24) is 5.32 Å². The molecule has 0 aromatic carbocycles. The summed E-state index contributed by atoms with van der Waals surface area (Å²) in [5, 5.41) is 3.43. The summed E-state index contributed by atoms with van der Waals surface area (Å²) in [7, 11) is -2.83. The van der Waals surface area contributed by atoms with Crippen LogP contribution in [0.4, 0.5) is 0 Å². The van der Waals surface area contributed by atoms with Crippen LogP contribution in [0, 0.1) is 5.92 Å². The van der Waals surface area contributed by atoms with Crippen LogP contribution in [-0.2, 0) is 9.84 Å². The Morgan fingerprint density at radius 2 is 2.41 bits per heavy atom. The summed E-state index contributed by atoms with van der Waals surface area (Å²) >= 11 is 0. The highest BCUT2D eigenvalue weighted by Crippen LogP contribution is 2.31. The van der Waals surface area contributed by atoms with Gasteiger partial charge in [0, 0.05) is 11.6 Å². The molecule has 1 aromatic heterocycles. The number of rotatable bonds is 5. The molecule has 5 heteroatoms. The Morgan fingerprint density at radius 1 is 1.59 bits per heavy atom. The van der Waals surface area contributed by atoms with Gasteiger partial charge in [0.1, 0.15) is 0 Å². The molecule has 2 heterocycles. The minimum Gasteiger partial charge on any atom is -0.472 e. The van der Waals surface area contributed by atoms with Gasteiger partial charge >= 0.3 is 0 Å². The summed E-state index contributed by atoms with van der Waals surface area (Å²) in [6, 6.07) is 2.02. The van der Waals surface area contributed by atoms with E-state index >= 15 is 0 Å². The summed E-state index contributed by atoms with van der Waals surface area (Å²) in [5.74, 6) is 0.781. The fraction of sp³-hybridized carbons (Fsp3) is 0.667. The molecule has 1 saturated heterocycles. The lowest BCUT2D eigenvalue weighted by Crippen LogP contribution is -2.29.